The number of anilines is 1. The van der Waals surface area contributed by atoms with Gasteiger partial charge < -0.3 is 5.73 Å². The van der Waals surface area contributed by atoms with Gasteiger partial charge in [0.1, 0.15) is 5.82 Å². The highest BCUT2D eigenvalue weighted by molar-refractivity contribution is 5.75. The Hall–Kier alpha value is -1.84. The van der Waals surface area contributed by atoms with Gasteiger partial charge in [-0.3, -0.25) is 0 Å². The summed E-state index contributed by atoms with van der Waals surface area (Å²) in [5.41, 5.74) is 10.1. The molecule has 2 N–H and O–H groups in total. The largest absolute Gasteiger partial charge is 0.398 e. The highest BCUT2D eigenvalue weighted by Crippen LogP contribution is 2.28. The molecule has 84 valence electrons. The van der Waals surface area contributed by atoms with Gasteiger partial charge in [-0.25, -0.2) is 9.67 Å². The summed E-state index contributed by atoms with van der Waals surface area (Å²) < 4.78 is 1.76. The SMILES string of the molecule is Cc1cc(C)c(N)c(-c2nc(C)nn2C)c1. The molecule has 2 rings (SSSR count). The Morgan fingerprint density at radius 2 is 1.88 bits per heavy atom. The zero-order chi connectivity index (χ0) is 11.9. The molecule has 0 amide bonds. The molecule has 0 fully saturated rings. The van der Waals surface area contributed by atoms with Crippen LogP contribution in [0.2, 0.25) is 0 Å². The van der Waals surface area contributed by atoms with Crippen LogP contribution in [-0.2, 0) is 7.05 Å². The number of rotatable bonds is 1. The van der Waals surface area contributed by atoms with E-state index in [0.717, 1.165) is 28.5 Å². The van der Waals surface area contributed by atoms with Crippen LogP contribution in [0.5, 0.6) is 0 Å². The van der Waals surface area contributed by atoms with Crippen LogP contribution in [0.3, 0.4) is 0 Å². The number of aryl methyl sites for hydroxylation is 4. The van der Waals surface area contributed by atoms with E-state index in [1.54, 1.807) is 4.68 Å². The van der Waals surface area contributed by atoms with Crippen LogP contribution >= 0.6 is 0 Å². The van der Waals surface area contributed by atoms with E-state index in [0.29, 0.717) is 0 Å². The summed E-state index contributed by atoms with van der Waals surface area (Å²) in [5.74, 6) is 1.58. The van der Waals surface area contributed by atoms with Crippen molar-refractivity contribution in [2.24, 2.45) is 7.05 Å². The van der Waals surface area contributed by atoms with E-state index < -0.39 is 0 Å². The standard InChI is InChI=1S/C12H16N4/c1-7-5-8(2)11(13)10(6-7)12-14-9(3)15-16(12)4/h5-6H,13H2,1-4H3. The Morgan fingerprint density at radius 3 is 2.44 bits per heavy atom. The molecule has 0 aliphatic heterocycles. The quantitative estimate of drug-likeness (QED) is 0.742. The van der Waals surface area contributed by atoms with E-state index in [2.05, 4.69) is 23.1 Å². The van der Waals surface area contributed by atoms with Crippen LogP contribution in [0.25, 0.3) is 11.4 Å². The van der Waals surface area contributed by atoms with E-state index in [9.17, 15) is 0 Å². The molecule has 0 bridgehead atoms. The molecule has 1 aromatic heterocycles. The van der Waals surface area contributed by atoms with Crippen LogP contribution in [0.1, 0.15) is 17.0 Å². The van der Waals surface area contributed by atoms with Crippen molar-refractivity contribution in [1.29, 1.82) is 0 Å². The number of aromatic nitrogens is 3. The number of benzene rings is 1. The number of nitrogens with two attached hydrogens (primary N) is 1. The lowest BCUT2D eigenvalue weighted by molar-refractivity contribution is 0.764. The van der Waals surface area contributed by atoms with Gasteiger partial charge in [0, 0.05) is 18.3 Å². The molecule has 0 aliphatic rings. The normalized spacial score (nSPS) is 10.8. The Kier molecular flexibility index (Phi) is 2.42. The average molecular weight is 216 g/mol. The fourth-order valence-corrected chi connectivity index (χ4v) is 1.91. The molecule has 0 atom stereocenters. The monoisotopic (exact) mass is 216 g/mol. The molecule has 4 nitrogen and oxygen atoms in total. The van der Waals surface area contributed by atoms with Crippen LogP contribution < -0.4 is 5.73 Å². The van der Waals surface area contributed by atoms with E-state index in [1.165, 1.54) is 5.56 Å². The summed E-state index contributed by atoms with van der Waals surface area (Å²) in [4.78, 5) is 4.40. The van der Waals surface area contributed by atoms with E-state index in [-0.39, 0.29) is 0 Å². The summed E-state index contributed by atoms with van der Waals surface area (Å²) in [6, 6.07) is 4.12. The lowest BCUT2D eigenvalue weighted by Crippen LogP contribution is -2.00. The maximum absolute atomic E-state index is 6.08. The molecule has 0 spiro atoms. The van der Waals surface area contributed by atoms with E-state index in [4.69, 9.17) is 5.73 Å². The van der Waals surface area contributed by atoms with Gasteiger partial charge in [-0.2, -0.15) is 5.10 Å². The number of nitrogens with zero attached hydrogens (tertiary/aromatic N) is 3. The van der Waals surface area contributed by atoms with Crippen LogP contribution in [0.4, 0.5) is 5.69 Å². The summed E-state index contributed by atoms with van der Waals surface area (Å²) in [6.07, 6.45) is 0. The predicted molar refractivity (Wildman–Crippen MR) is 65.1 cm³/mol. The molecule has 1 heterocycles. The molecule has 1 aromatic carbocycles. The predicted octanol–water partition coefficient (Wildman–Crippen LogP) is 1.99. The maximum Gasteiger partial charge on any atom is 0.160 e. The third kappa shape index (κ3) is 1.66. The van der Waals surface area contributed by atoms with Crippen molar-refractivity contribution >= 4 is 5.69 Å². The Labute approximate surface area is 95.1 Å². The second-order valence-corrected chi connectivity index (χ2v) is 4.15. The topological polar surface area (TPSA) is 56.7 Å². The molecular formula is C12H16N4. The first kappa shape index (κ1) is 10.7. The van der Waals surface area contributed by atoms with Gasteiger partial charge >= 0.3 is 0 Å². The highest BCUT2D eigenvalue weighted by Gasteiger charge is 2.12. The molecule has 0 unspecified atom stereocenters. The van der Waals surface area contributed by atoms with E-state index >= 15 is 0 Å². The van der Waals surface area contributed by atoms with E-state index in [1.807, 2.05) is 27.0 Å². The van der Waals surface area contributed by atoms with Crippen molar-refractivity contribution in [2.45, 2.75) is 20.8 Å². The molecule has 0 aliphatic carbocycles. The number of nitrogen functional groups attached to an aromatic ring is 1. The van der Waals surface area contributed by atoms with Crippen LogP contribution in [0.15, 0.2) is 12.1 Å². The Morgan fingerprint density at radius 1 is 1.19 bits per heavy atom. The zero-order valence-electron chi connectivity index (χ0n) is 10.1. The van der Waals surface area contributed by atoms with Gasteiger partial charge in [-0.15, -0.1) is 0 Å². The van der Waals surface area contributed by atoms with Crippen LogP contribution in [0, 0.1) is 20.8 Å². The smallest absolute Gasteiger partial charge is 0.160 e. The summed E-state index contributed by atoms with van der Waals surface area (Å²) in [5, 5.41) is 4.24. The molecular weight excluding hydrogens is 200 g/mol. The van der Waals surface area contributed by atoms with Crippen molar-refractivity contribution in [2.75, 3.05) is 5.73 Å². The lowest BCUT2D eigenvalue weighted by atomic mass is 10.0. The average Bonchev–Trinajstić information content (AvgIpc) is 2.51. The number of hydrogen-bond acceptors (Lipinski definition) is 3. The minimum absolute atomic E-state index is 0.760. The number of hydrogen-bond donors (Lipinski definition) is 1. The van der Waals surface area contributed by atoms with Crippen LogP contribution in [-0.4, -0.2) is 14.8 Å². The van der Waals surface area contributed by atoms with Crippen molar-refractivity contribution in [3.05, 3.63) is 29.1 Å². The highest BCUT2D eigenvalue weighted by atomic mass is 15.3. The Balaban J connectivity index is 2.68. The second-order valence-electron chi connectivity index (χ2n) is 4.15. The Bertz CT molecular complexity index is 540. The van der Waals surface area contributed by atoms with Gasteiger partial charge in [0.15, 0.2) is 5.82 Å². The molecule has 0 saturated heterocycles. The minimum Gasteiger partial charge on any atom is -0.398 e. The maximum atomic E-state index is 6.08. The second kappa shape index (κ2) is 3.63. The first-order valence-corrected chi connectivity index (χ1v) is 5.24. The fourth-order valence-electron chi connectivity index (χ4n) is 1.91. The minimum atomic E-state index is 0.760. The van der Waals surface area contributed by atoms with Crippen molar-refractivity contribution in [3.63, 3.8) is 0 Å². The van der Waals surface area contributed by atoms with Gasteiger partial charge in [0.05, 0.1) is 0 Å². The van der Waals surface area contributed by atoms with Gasteiger partial charge in [-0.1, -0.05) is 6.07 Å². The molecule has 0 saturated carbocycles. The van der Waals surface area contributed by atoms with Crippen molar-refractivity contribution in [3.8, 4) is 11.4 Å². The fraction of sp³-hybridized carbons (Fsp3) is 0.333. The summed E-state index contributed by atoms with van der Waals surface area (Å²) >= 11 is 0. The molecule has 4 heteroatoms. The molecule has 0 radical (unpaired) electrons. The first-order valence-electron chi connectivity index (χ1n) is 5.24. The third-order valence-corrected chi connectivity index (χ3v) is 2.64. The van der Waals surface area contributed by atoms with Gasteiger partial charge in [0.25, 0.3) is 0 Å². The van der Waals surface area contributed by atoms with Crippen molar-refractivity contribution in [1.82, 2.24) is 14.8 Å². The van der Waals surface area contributed by atoms with Gasteiger partial charge in [-0.05, 0) is 38.0 Å². The zero-order valence-corrected chi connectivity index (χ0v) is 10.1. The van der Waals surface area contributed by atoms with Crippen molar-refractivity contribution < 1.29 is 0 Å². The first-order chi connectivity index (χ1) is 7.49. The summed E-state index contributed by atoms with van der Waals surface area (Å²) in [6.45, 7) is 5.94. The third-order valence-electron chi connectivity index (χ3n) is 2.64. The van der Waals surface area contributed by atoms with Gasteiger partial charge in [0.2, 0.25) is 0 Å². The molecule has 16 heavy (non-hydrogen) atoms. The summed E-state index contributed by atoms with van der Waals surface area (Å²) in [7, 11) is 1.88. The molecule has 2 aromatic rings. The lowest BCUT2D eigenvalue weighted by Gasteiger charge is -2.09.